The van der Waals surface area contributed by atoms with Crippen molar-refractivity contribution in [1.82, 2.24) is 19.3 Å². The third-order valence-corrected chi connectivity index (χ3v) is 6.32. The number of carboxylic acids is 1. The topological polar surface area (TPSA) is 111 Å². The van der Waals surface area contributed by atoms with Crippen LogP contribution >= 0.6 is 0 Å². The molecule has 186 valence electrons. The molecule has 0 fully saturated rings. The van der Waals surface area contributed by atoms with Gasteiger partial charge in [0.25, 0.3) is 5.56 Å². The molecule has 37 heavy (non-hydrogen) atoms. The molecule has 0 unspecified atom stereocenters. The number of hydrogen-bond donors (Lipinski definition) is 2. The Morgan fingerprint density at radius 1 is 1.05 bits per heavy atom. The number of nitrogens with one attached hydrogen (secondary N) is 1. The SMILES string of the molecule is COc1ccc(Nc2c(-c3ccc4ncn(C)c(=O)c4c3)c(C)nn2-c2ccccc2C)c(C(=O)O)c1. The van der Waals surface area contributed by atoms with Crippen molar-refractivity contribution in [3.05, 3.63) is 94.2 Å². The Morgan fingerprint density at radius 2 is 1.84 bits per heavy atom. The molecule has 9 nitrogen and oxygen atoms in total. The summed E-state index contributed by atoms with van der Waals surface area (Å²) in [6.07, 6.45) is 1.50. The maximum Gasteiger partial charge on any atom is 0.337 e. The molecule has 0 saturated carbocycles. The van der Waals surface area contributed by atoms with Gasteiger partial charge < -0.3 is 19.7 Å². The van der Waals surface area contributed by atoms with E-state index >= 15 is 0 Å². The molecule has 3 aromatic carbocycles. The van der Waals surface area contributed by atoms with Gasteiger partial charge in [0.2, 0.25) is 0 Å². The van der Waals surface area contributed by atoms with Crippen LogP contribution in [0, 0.1) is 13.8 Å². The van der Waals surface area contributed by atoms with Gasteiger partial charge >= 0.3 is 5.97 Å². The van der Waals surface area contributed by atoms with Crippen molar-refractivity contribution in [3.63, 3.8) is 0 Å². The Hall–Kier alpha value is -4.92. The molecule has 0 aliphatic rings. The van der Waals surface area contributed by atoms with Crippen LogP contribution in [0.5, 0.6) is 5.75 Å². The molecular formula is C28H25N5O4. The van der Waals surface area contributed by atoms with Crippen molar-refractivity contribution < 1.29 is 14.6 Å². The zero-order valence-corrected chi connectivity index (χ0v) is 20.8. The number of aromatic carboxylic acids is 1. The first kappa shape index (κ1) is 23.8. The van der Waals surface area contributed by atoms with Gasteiger partial charge in [-0.15, -0.1) is 0 Å². The van der Waals surface area contributed by atoms with Gasteiger partial charge in [-0.2, -0.15) is 5.10 Å². The lowest BCUT2D eigenvalue weighted by molar-refractivity contribution is 0.0697. The van der Waals surface area contributed by atoms with Gasteiger partial charge in [-0.3, -0.25) is 4.79 Å². The zero-order chi connectivity index (χ0) is 26.3. The van der Waals surface area contributed by atoms with Crippen LogP contribution in [0.4, 0.5) is 11.5 Å². The maximum absolute atomic E-state index is 12.8. The van der Waals surface area contributed by atoms with Crippen LogP contribution in [0.2, 0.25) is 0 Å². The second-order valence-electron chi connectivity index (χ2n) is 8.74. The Labute approximate surface area is 212 Å². The lowest BCUT2D eigenvalue weighted by atomic mass is 10.0. The first-order chi connectivity index (χ1) is 17.8. The molecule has 2 aromatic heterocycles. The molecule has 2 N–H and O–H groups in total. The van der Waals surface area contributed by atoms with E-state index in [2.05, 4.69) is 10.3 Å². The summed E-state index contributed by atoms with van der Waals surface area (Å²) in [4.78, 5) is 29.3. The number of ether oxygens (including phenoxy) is 1. The first-order valence-corrected chi connectivity index (χ1v) is 11.6. The van der Waals surface area contributed by atoms with Crippen LogP contribution in [0.25, 0.3) is 27.7 Å². The van der Waals surface area contributed by atoms with Crippen molar-refractivity contribution in [1.29, 1.82) is 0 Å². The summed E-state index contributed by atoms with van der Waals surface area (Å²) in [5.74, 6) is -0.0916. The second-order valence-corrected chi connectivity index (χ2v) is 8.74. The first-order valence-electron chi connectivity index (χ1n) is 11.6. The van der Waals surface area contributed by atoms with E-state index in [9.17, 15) is 14.7 Å². The minimum absolute atomic E-state index is 0.0528. The molecule has 0 atom stereocenters. The van der Waals surface area contributed by atoms with E-state index in [1.54, 1.807) is 36.0 Å². The Kier molecular flexibility index (Phi) is 5.96. The van der Waals surface area contributed by atoms with Gasteiger partial charge in [0.15, 0.2) is 0 Å². The lowest BCUT2D eigenvalue weighted by Gasteiger charge is -2.16. The number of benzene rings is 3. The number of anilines is 2. The molecule has 0 spiro atoms. The van der Waals surface area contributed by atoms with Crippen LogP contribution in [-0.4, -0.2) is 37.5 Å². The number of nitrogens with zero attached hydrogens (tertiary/aromatic N) is 4. The van der Waals surface area contributed by atoms with Crippen molar-refractivity contribution in [3.8, 4) is 22.6 Å². The van der Waals surface area contributed by atoms with Crippen LogP contribution in [0.15, 0.2) is 71.8 Å². The molecule has 0 amide bonds. The number of hydrogen-bond acceptors (Lipinski definition) is 6. The highest BCUT2D eigenvalue weighted by Crippen LogP contribution is 2.37. The van der Waals surface area contributed by atoms with Gasteiger partial charge in [-0.05, 0) is 61.4 Å². The monoisotopic (exact) mass is 495 g/mol. The lowest BCUT2D eigenvalue weighted by Crippen LogP contribution is -2.16. The summed E-state index contributed by atoms with van der Waals surface area (Å²) in [5, 5.41) is 18.5. The van der Waals surface area contributed by atoms with Crippen LogP contribution < -0.4 is 15.6 Å². The molecule has 0 radical (unpaired) electrons. The predicted octanol–water partition coefficient (Wildman–Crippen LogP) is 4.85. The molecule has 5 aromatic rings. The van der Waals surface area contributed by atoms with E-state index in [0.717, 1.165) is 22.4 Å². The summed E-state index contributed by atoms with van der Waals surface area (Å²) in [7, 11) is 3.15. The summed E-state index contributed by atoms with van der Waals surface area (Å²) in [5.41, 5.74) is 4.89. The number of para-hydroxylation sites is 1. The van der Waals surface area contributed by atoms with E-state index in [1.165, 1.54) is 24.1 Å². The summed E-state index contributed by atoms with van der Waals surface area (Å²) in [6, 6.07) is 18.1. The van der Waals surface area contributed by atoms with Crippen molar-refractivity contribution in [2.45, 2.75) is 13.8 Å². The van der Waals surface area contributed by atoms with Gasteiger partial charge in [-0.25, -0.2) is 14.5 Å². The predicted molar refractivity (Wildman–Crippen MR) is 142 cm³/mol. The molecular weight excluding hydrogens is 470 g/mol. The van der Waals surface area contributed by atoms with Crippen molar-refractivity contribution >= 4 is 28.4 Å². The Balaban J connectivity index is 1.78. The number of methoxy groups -OCH3 is 1. The van der Waals surface area contributed by atoms with Crippen LogP contribution in [0.3, 0.4) is 0 Å². The fourth-order valence-electron chi connectivity index (χ4n) is 4.39. The maximum atomic E-state index is 12.8. The number of aryl methyl sites for hydroxylation is 3. The zero-order valence-electron chi connectivity index (χ0n) is 20.8. The largest absolute Gasteiger partial charge is 0.497 e. The van der Waals surface area contributed by atoms with Crippen molar-refractivity contribution in [2.24, 2.45) is 7.05 Å². The highest BCUT2D eigenvalue weighted by molar-refractivity contribution is 5.97. The van der Waals surface area contributed by atoms with Gasteiger partial charge in [0.05, 0.1) is 47.0 Å². The molecule has 0 aliphatic carbocycles. The quantitative estimate of drug-likeness (QED) is 0.346. The summed E-state index contributed by atoms with van der Waals surface area (Å²) < 4.78 is 8.43. The van der Waals surface area contributed by atoms with Gasteiger partial charge in [-0.1, -0.05) is 24.3 Å². The smallest absolute Gasteiger partial charge is 0.337 e. The molecule has 0 bridgehead atoms. The van der Waals surface area contributed by atoms with Gasteiger partial charge in [0.1, 0.15) is 11.6 Å². The van der Waals surface area contributed by atoms with Crippen molar-refractivity contribution in [2.75, 3.05) is 12.4 Å². The summed E-state index contributed by atoms with van der Waals surface area (Å²) >= 11 is 0. The Bertz CT molecular complexity index is 1740. The highest BCUT2D eigenvalue weighted by Gasteiger charge is 2.22. The highest BCUT2D eigenvalue weighted by atomic mass is 16.5. The Morgan fingerprint density at radius 3 is 2.57 bits per heavy atom. The number of carbonyl (C=O) groups is 1. The fraction of sp³-hybridized carbons (Fsp3) is 0.143. The van der Waals surface area contributed by atoms with E-state index in [-0.39, 0.29) is 11.1 Å². The van der Waals surface area contributed by atoms with E-state index in [0.29, 0.717) is 33.9 Å². The number of carboxylic acid groups (broad SMARTS) is 1. The molecule has 9 heteroatoms. The molecule has 5 rings (SSSR count). The average molecular weight is 496 g/mol. The number of rotatable bonds is 6. The molecule has 0 saturated heterocycles. The third kappa shape index (κ3) is 4.20. The number of aromatic nitrogens is 4. The molecule has 2 heterocycles. The standard InChI is InChI=1S/C28H25N5O4/c1-16-7-5-6-8-24(16)33-26(30-23-12-10-19(37-4)14-21(23)28(35)36)25(17(2)31-33)18-9-11-22-20(13-18)27(34)32(3)15-29-22/h5-15,30H,1-4H3,(H,35,36). The average Bonchev–Trinajstić information content (AvgIpc) is 3.21. The minimum atomic E-state index is -1.10. The van der Waals surface area contributed by atoms with E-state index < -0.39 is 5.97 Å². The minimum Gasteiger partial charge on any atom is -0.497 e. The normalized spacial score (nSPS) is 11.0. The summed E-state index contributed by atoms with van der Waals surface area (Å²) in [6.45, 7) is 3.87. The van der Waals surface area contributed by atoms with Gasteiger partial charge in [0, 0.05) is 12.6 Å². The van der Waals surface area contributed by atoms with Crippen LogP contribution in [0.1, 0.15) is 21.6 Å². The van der Waals surface area contributed by atoms with E-state index in [1.807, 2.05) is 44.2 Å². The third-order valence-electron chi connectivity index (χ3n) is 6.32. The van der Waals surface area contributed by atoms with Crippen LogP contribution in [-0.2, 0) is 7.05 Å². The second kappa shape index (κ2) is 9.27. The van der Waals surface area contributed by atoms with E-state index in [4.69, 9.17) is 9.84 Å². The molecule has 0 aliphatic heterocycles. The number of fused-ring (bicyclic) bond motifs is 1. The fourth-order valence-corrected chi connectivity index (χ4v) is 4.39.